The van der Waals surface area contributed by atoms with Crippen molar-refractivity contribution in [2.24, 2.45) is 0 Å². The molecule has 86 valence electrons. The van der Waals surface area contributed by atoms with Crippen molar-refractivity contribution in [1.29, 1.82) is 0 Å². The molecular formula is C10H12N2O2S2. The minimum absolute atomic E-state index is 0.200. The molecule has 2 rings (SSSR count). The first-order valence-corrected chi connectivity index (χ1v) is 6.96. The van der Waals surface area contributed by atoms with Crippen LogP contribution >= 0.6 is 11.3 Å². The van der Waals surface area contributed by atoms with Crippen molar-refractivity contribution in [3.05, 3.63) is 18.2 Å². The number of nitrogen functional groups attached to an aromatic ring is 1. The van der Waals surface area contributed by atoms with Gasteiger partial charge in [0, 0.05) is 12.3 Å². The van der Waals surface area contributed by atoms with Gasteiger partial charge in [0.25, 0.3) is 0 Å². The number of anilines is 1. The third-order valence-corrected chi connectivity index (χ3v) is 4.46. The molecule has 2 N–H and O–H groups in total. The van der Waals surface area contributed by atoms with E-state index in [4.69, 9.17) is 10.5 Å². The smallest absolute Gasteiger partial charge is 0.184 e. The zero-order chi connectivity index (χ0) is 11.5. The van der Waals surface area contributed by atoms with Gasteiger partial charge in [0.05, 0.1) is 10.2 Å². The molecule has 2 aromatic rings. The summed E-state index contributed by atoms with van der Waals surface area (Å²) in [5.74, 6) is 0.200. The van der Waals surface area contributed by atoms with E-state index in [0.29, 0.717) is 16.6 Å². The molecule has 0 aliphatic carbocycles. The molecule has 0 aliphatic heterocycles. The van der Waals surface area contributed by atoms with E-state index in [-0.39, 0.29) is 5.94 Å². The Bertz CT molecular complexity index is 525. The summed E-state index contributed by atoms with van der Waals surface area (Å²) in [7, 11) is -1.18. The normalized spacial score (nSPS) is 13.1. The second-order valence-corrected chi connectivity index (χ2v) is 5.77. The first-order valence-electron chi connectivity index (χ1n) is 4.83. The molecule has 1 aromatic heterocycles. The Kier molecular flexibility index (Phi) is 3.52. The van der Waals surface area contributed by atoms with Gasteiger partial charge in [-0.2, -0.15) is 0 Å². The number of ether oxygens (including phenoxy) is 1. The Labute approximate surface area is 99.9 Å². The van der Waals surface area contributed by atoms with Gasteiger partial charge in [-0.05, 0) is 25.1 Å². The molecule has 1 unspecified atom stereocenters. The number of fused-ring (bicyclic) bond motifs is 1. The summed E-state index contributed by atoms with van der Waals surface area (Å²) in [6.07, 6.45) is 0. The summed E-state index contributed by atoms with van der Waals surface area (Å²) < 4.78 is 18.4. The Hall–Kier alpha value is -0.980. The van der Waals surface area contributed by atoms with E-state index in [2.05, 4.69) is 4.98 Å². The van der Waals surface area contributed by atoms with Gasteiger partial charge in [-0.15, -0.1) is 11.3 Å². The number of nitrogens with zero attached hydrogens (tertiary/aromatic N) is 1. The molecule has 1 atom stereocenters. The van der Waals surface area contributed by atoms with Crippen LogP contribution in [0.4, 0.5) is 5.69 Å². The maximum absolute atomic E-state index is 11.8. The van der Waals surface area contributed by atoms with Crippen molar-refractivity contribution in [2.45, 2.75) is 11.3 Å². The van der Waals surface area contributed by atoms with E-state index >= 15 is 0 Å². The topological polar surface area (TPSA) is 65.2 Å². The largest absolute Gasteiger partial charge is 0.399 e. The lowest BCUT2D eigenvalue weighted by Crippen LogP contribution is -2.01. The highest BCUT2D eigenvalue weighted by molar-refractivity contribution is 7.87. The van der Waals surface area contributed by atoms with Crippen LogP contribution in [0, 0.1) is 0 Å². The fourth-order valence-corrected chi connectivity index (χ4v) is 3.38. The van der Waals surface area contributed by atoms with Crippen LogP contribution in [0.1, 0.15) is 6.92 Å². The Morgan fingerprint density at radius 1 is 1.56 bits per heavy atom. The molecule has 0 spiro atoms. The molecule has 1 aromatic carbocycles. The average molecular weight is 256 g/mol. The van der Waals surface area contributed by atoms with Gasteiger partial charge in [0.2, 0.25) is 0 Å². The van der Waals surface area contributed by atoms with Gasteiger partial charge in [-0.1, -0.05) is 0 Å². The minimum Gasteiger partial charge on any atom is -0.399 e. The molecular weight excluding hydrogens is 244 g/mol. The standard InChI is InChI=1S/C10H12N2O2S2/c1-2-14-6-16(13)10-12-8-4-3-7(11)5-9(8)15-10/h3-5H,2,6,11H2,1H3. The monoisotopic (exact) mass is 256 g/mol. The van der Waals surface area contributed by atoms with Gasteiger partial charge in [0.15, 0.2) is 4.34 Å². The molecule has 0 fully saturated rings. The number of benzene rings is 1. The van der Waals surface area contributed by atoms with Crippen LogP contribution in [0.3, 0.4) is 0 Å². The molecule has 1 heterocycles. The third kappa shape index (κ3) is 2.40. The quantitative estimate of drug-likeness (QED) is 0.849. The molecule has 4 nitrogen and oxygen atoms in total. The Morgan fingerprint density at radius 2 is 2.38 bits per heavy atom. The second kappa shape index (κ2) is 4.90. The lowest BCUT2D eigenvalue weighted by atomic mass is 10.3. The summed E-state index contributed by atoms with van der Waals surface area (Å²) in [5.41, 5.74) is 7.19. The highest BCUT2D eigenvalue weighted by Gasteiger charge is 2.10. The summed E-state index contributed by atoms with van der Waals surface area (Å²) in [5, 5.41) is 0. The first kappa shape index (κ1) is 11.5. The summed E-state index contributed by atoms with van der Waals surface area (Å²) in [6, 6.07) is 5.47. The van der Waals surface area contributed by atoms with E-state index in [1.807, 2.05) is 19.1 Å². The minimum atomic E-state index is -1.18. The Balaban J connectivity index is 2.28. The van der Waals surface area contributed by atoms with Crippen molar-refractivity contribution in [2.75, 3.05) is 18.3 Å². The average Bonchev–Trinajstić information content (AvgIpc) is 2.68. The van der Waals surface area contributed by atoms with E-state index in [0.717, 1.165) is 10.2 Å². The molecule has 16 heavy (non-hydrogen) atoms. The molecule has 6 heteroatoms. The SMILES string of the molecule is CCOCS(=O)c1nc2ccc(N)cc2s1. The fraction of sp³-hybridized carbons (Fsp3) is 0.300. The first-order chi connectivity index (χ1) is 7.70. The van der Waals surface area contributed by atoms with Gasteiger partial charge >= 0.3 is 0 Å². The number of thiazole rings is 1. The van der Waals surface area contributed by atoms with Crippen molar-refractivity contribution in [1.82, 2.24) is 4.98 Å². The van der Waals surface area contributed by atoms with E-state index < -0.39 is 10.8 Å². The zero-order valence-electron chi connectivity index (χ0n) is 8.80. The maximum atomic E-state index is 11.8. The van der Waals surface area contributed by atoms with E-state index in [1.165, 1.54) is 11.3 Å². The summed E-state index contributed by atoms with van der Waals surface area (Å²) >= 11 is 1.40. The predicted octanol–water partition coefficient (Wildman–Crippen LogP) is 1.98. The van der Waals surface area contributed by atoms with E-state index in [1.54, 1.807) is 6.07 Å². The number of hydrogen-bond donors (Lipinski definition) is 1. The van der Waals surface area contributed by atoms with Crippen LogP contribution in [-0.4, -0.2) is 21.7 Å². The number of hydrogen-bond acceptors (Lipinski definition) is 5. The number of rotatable bonds is 4. The maximum Gasteiger partial charge on any atom is 0.184 e. The van der Waals surface area contributed by atoms with E-state index in [9.17, 15) is 4.21 Å². The molecule has 0 saturated carbocycles. The van der Waals surface area contributed by atoms with Crippen molar-refractivity contribution >= 4 is 38.0 Å². The molecule has 0 saturated heterocycles. The lowest BCUT2D eigenvalue weighted by molar-refractivity contribution is 0.196. The fourth-order valence-electron chi connectivity index (χ4n) is 1.23. The number of aromatic nitrogens is 1. The van der Waals surface area contributed by atoms with Gasteiger partial charge in [-0.3, -0.25) is 0 Å². The highest BCUT2D eigenvalue weighted by Crippen LogP contribution is 2.26. The van der Waals surface area contributed by atoms with Crippen LogP contribution in [-0.2, 0) is 15.5 Å². The second-order valence-electron chi connectivity index (χ2n) is 3.16. The predicted molar refractivity (Wildman–Crippen MR) is 66.9 cm³/mol. The van der Waals surface area contributed by atoms with Gasteiger partial charge in [0.1, 0.15) is 16.7 Å². The van der Waals surface area contributed by atoms with Crippen molar-refractivity contribution in [3.8, 4) is 0 Å². The zero-order valence-corrected chi connectivity index (χ0v) is 10.4. The Morgan fingerprint density at radius 3 is 3.12 bits per heavy atom. The van der Waals surface area contributed by atoms with Crippen molar-refractivity contribution in [3.63, 3.8) is 0 Å². The molecule has 0 bridgehead atoms. The van der Waals surface area contributed by atoms with Crippen LogP contribution in [0.2, 0.25) is 0 Å². The summed E-state index contributed by atoms with van der Waals surface area (Å²) in [6.45, 7) is 2.43. The van der Waals surface area contributed by atoms with Gasteiger partial charge < -0.3 is 10.5 Å². The highest BCUT2D eigenvalue weighted by atomic mass is 32.2. The van der Waals surface area contributed by atoms with Gasteiger partial charge in [-0.25, -0.2) is 9.19 Å². The third-order valence-electron chi connectivity index (χ3n) is 1.98. The van der Waals surface area contributed by atoms with Crippen LogP contribution in [0.5, 0.6) is 0 Å². The molecule has 0 amide bonds. The molecule has 0 radical (unpaired) electrons. The summed E-state index contributed by atoms with van der Waals surface area (Å²) in [4.78, 5) is 4.29. The number of nitrogens with two attached hydrogens (primary N) is 1. The van der Waals surface area contributed by atoms with Crippen molar-refractivity contribution < 1.29 is 8.95 Å². The molecule has 0 aliphatic rings. The van der Waals surface area contributed by atoms with Crippen LogP contribution in [0.25, 0.3) is 10.2 Å². The lowest BCUT2D eigenvalue weighted by Gasteiger charge is -1.96. The van der Waals surface area contributed by atoms with Crippen LogP contribution < -0.4 is 5.73 Å². The van der Waals surface area contributed by atoms with Crippen LogP contribution in [0.15, 0.2) is 22.5 Å².